The number of carbonyl (C=O) groups is 1. The van der Waals surface area contributed by atoms with Gasteiger partial charge in [-0.15, -0.1) is 0 Å². The van der Waals surface area contributed by atoms with Crippen LogP contribution in [-0.2, 0) is 9.53 Å². The summed E-state index contributed by atoms with van der Waals surface area (Å²) in [4.78, 5) is 13.2. The van der Waals surface area contributed by atoms with Gasteiger partial charge in [0.1, 0.15) is 12.2 Å². The fraction of sp³-hybridized carbons (Fsp3) is 0.565. The van der Waals surface area contributed by atoms with Gasteiger partial charge in [0.2, 0.25) is 5.82 Å². The maximum Gasteiger partial charge on any atom is 0.417 e. The highest BCUT2D eigenvalue weighted by Crippen LogP contribution is 2.55. The minimum atomic E-state index is -4.96. The molecule has 2 heterocycles. The van der Waals surface area contributed by atoms with Gasteiger partial charge < -0.3 is 19.9 Å². The molecule has 2 N–H and O–H groups in total. The normalized spacial score (nSPS) is 29.9. The Morgan fingerprint density at radius 2 is 1.95 bits per heavy atom. The molecule has 2 aliphatic rings. The molecular formula is C23H24F7N3O4. The number of amides is 1. The van der Waals surface area contributed by atoms with Gasteiger partial charge in [0.25, 0.3) is 5.91 Å². The minimum absolute atomic E-state index is 0.0322. The number of halogens is 7. The molecule has 1 aromatic carbocycles. The molecule has 204 valence electrons. The van der Waals surface area contributed by atoms with Gasteiger partial charge in [0.15, 0.2) is 17.2 Å². The number of aromatic nitrogens is 2. The van der Waals surface area contributed by atoms with Gasteiger partial charge in [-0.2, -0.15) is 31.4 Å². The summed E-state index contributed by atoms with van der Waals surface area (Å²) in [7, 11) is 0. The zero-order valence-corrected chi connectivity index (χ0v) is 19.8. The second-order valence-electron chi connectivity index (χ2n) is 9.48. The number of carbonyl (C=O) groups excluding carboxylic acids is 1. The molecule has 4 rings (SSSR count). The van der Waals surface area contributed by atoms with E-state index in [-0.39, 0.29) is 34.5 Å². The summed E-state index contributed by atoms with van der Waals surface area (Å²) >= 11 is 0. The number of alkyl halides is 5. The zero-order chi connectivity index (χ0) is 27.4. The van der Waals surface area contributed by atoms with Gasteiger partial charge in [-0.3, -0.25) is 4.79 Å². The van der Waals surface area contributed by atoms with Crippen molar-refractivity contribution >= 4 is 11.6 Å². The van der Waals surface area contributed by atoms with Crippen LogP contribution in [-0.4, -0.2) is 50.9 Å². The third kappa shape index (κ3) is 4.76. The number of aliphatic hydroxyl groups is 1. The standard InChI is InChI=1S/C23H24F7N3O4/c1-9-16(13-4-5-14(24)17(25)18(13)36-12-6-11(34)7-12)19(37-22(9,3)23(28,29)30)20(35)31-15-8-33(21(26)27)32-10(15)2/h4-5,8-9,11-12,16,19,21,34H,6-7H2,1-3H3,(H,31,35)/t9-,11-,12+,16-,19+,22+/m0/s1. The van der Waals surface area contributed by atoms with E-state index in [9.17, 15) is 40.6 Å². The average Bonchev–Trinajstić information content (AvgIpc) is 3.28. The molecule has 1 saturated carbocycles. The first-order valence-electron chi connectivity index (χ1n) is 11.4. The molecule has 0 bridgehead atoms. The fourth-order valence-electron chi connectivity index (χ4n) is 4.66. The van der Waals surface area contributed by atoms with Crippen molar-refractivity contribution in [2.24, 2.45) is 5.92 Å². The Labute approximate surface area is 206 Å². The van der Waals surface area contributed by atoms with Crippen LogP contribution in [0.4, 0.5) is 36.4 Å². The van der Waals surface area contributed by atoms with Gasteiger partial charge in [0, 0.05) is 30.2 Å². The van der Waals surface area contributed by atoms with Crippen molar-refractivity contribution in [3.05, 3.63) is 41.2 Å². The molecule has 14 heteroatoms. The van der Waals surface area contributed by atoms with Crippen molar-refractivity contribution in [1.82, 2.24) is 9.78 Å². The van der Waals surface area contributed by atoms with Crippen molar-refractivity contribution in [3.8, 4) is 5.75 Å². The Morgan fingerprint density at radius 1 is 1.30 bits per heavy atom. The molecule has 0 radical (unpaired) electrons. The number of aryl methyl sites for hydroxylation is 1. The lowest BCUT2D eigenvalue weighted by Gasteiger charge is -2.34. The van der Waals surface area contributed by atoms with Crippen LogP contribution in [0.2, 0.25) is 0 Å². The van der Waals surface area contributed by atoms with Crippen LogP contribution >= 0.6 is 0 Å². The number of nitrogens with one attached hydrogen (secondary N) is 1. The largest absolute Gasteiger partial charge is 0.487 e. The molecule has 7 nitrogen and oxygen atoms in total. The van der Waals surface area contributed by atoms with Crippen LogP contribution in [0.3, 0.4) is 0 Å². The third-order valence-corrected chi connectivity index (χ3v) is 7.10. The number of hydrogen-bond acceptors (Lipinski definition) is 5. The summed E-state index contributed by atoms with van der Waals surface area (Å²) < 4.78 is 108. The summed E-state index contributed by atoms with van der Waals surface area (Å²) in [5, 5.41) is 15.3. The Hall–Kier alpha value is -2.87. The van der Waals surface area contributed by atoms with E-state index in [0.717, 1.165) is 26.1 Å². The zero-order valence-electron chi connectivity index (χ0n) is 19.8. The highest BCUT2D eigenvalue weighted by molar-refractivity contribution is 5.95. The predicted molar refractivity (Wildman–Crippen MR) is 114 cm³/mol. The van der Waals surface area contributed by atoms with Crippen LogP contribution in [0.5, 0.6) is 5.75 Å². The van der Waals surface area contributed by atoms with Gasteiger partial charge in [-0.25, -0.2) is 9.07 Å². The fourth-order valence-corrected chi connectivity index (χ4v) is 4.66. The molecule has 2 fully saturated rings. The number of rotatable bonds is 6. The number of nitrogens with zero attached hydrogens (tertiary/aromatic N) is 2. The van der Waals surface area contributed by atoms with Crippen molar-refractivity contribution < 1.29 is 50.1 Å². The third-order valence-electron chi connectivity index (χ3n) is 7.10. The van der Waals surface area contributed by atoms with Crippen LogP contribution < -0.4 is 10.1 Å². The minimum Gasteiger partial charge on any atom is -0.487 e. The molecule has 0 spiro atoms. The molecule has 4 atom stereocenters. The lowest BCUT2D eigenvalue weighted by molar-refractivity contribution is -0.272. The van der Waals surface area contributed by atoms with Gasteiger partial charge in [0.05, 0.1) is 23.7 Å². The lowest BCUT2D eigenvalue weighted by atomic mass is 9.76. The van der Waals surface area contributed by atoms with E-state index < -0.39 is 71.8 Å². The molecule has 1 aliphatic heterocycles. The van der Waals surface area contributed by atoms with Crippen LogP contribution in [0.15, 0.2) is 18.3 Å². The molecular weight excluding hydrogens is 515 g/mol. The number of ether oxygens (including phenoxy) is 2. The summed E-state index contributed by atoms with van der Waals surface area (Å²) in [6.45, 7) is 0.170. The Bertz CT molecular complexity index is 1180. The maximum atomic E-state index is 14.9. The first-order valence-corrected chi connectivity index (χ1v) is 11.4. The van der Waals surface area contributed by atoms with Crippen LogP contribution in [0.25, 0.3) is 0 Å². The average molecular weight is 539 g/mol. The second kappa shape index (κ2) is 9.46. The Kier molecular flexibility index (Phi) is 6.95. The van der Waals surface area contributed by atoms with Gasteiger partial charge >= 0.3 is 12.7 Å². The number of aliphatic hydroxyl groups excluding tert-OH is 1. The highest BCUT2D eigenvalue weighted by Gasteiger charge is 2.66. The Morgan fingerprint density at radius 3 is 2.49 bits per heavy atom. The molecule has 1 amide bonds. The van der Waals surface area contributed by atoms with Gasteiger partial charge in [-0.05, 0) is 19.9 Å². The SMILES string of the molecule is Cc1nn(C(F)F)cc1NC(=O)[C@@H]1O[C@@](C)(C(F)(F)F)[C@@H](C)[C@H]1c1ccc(F)c(F)c1O[C@H]1C[C@@H](O)C1. The first-order chi connectivity index (χ1) is 17.1. The van der Waals surface area contributed by atoms with E-state index in [4.69, 9.17) is 9.47 Å². The summed E-state index contributed by atoms with van der Waals surface area (Å²) in [6.07, 6.45) is -7.28. The summed E-state index contributed by atoms with van der Waals surface area (Å²) in [5.41, 5.74) is -3.33. The van der Waals surface area contributed by atoms with Crippen LogP contribution in [0, 0.1) is 24.5 Å². The second-order valence-corrected chi connectivity index (χ2v) is 9.48. The van der Waals surface area contributed by atoms with E-state index in [2.05, 4.69) is 10.4 Å². The predicted octanol–water partition coefficient (Wildman–Crippen LogP) is 4.85. The van der Waals surface area contributed by atoms with E-state index in [1.54, 1.807) is 0 Å². The smallest absolute Gasteiger partial charge is 0.417 e. The van der Waals surface area contributed by atoms with E-state index in [0.29, 0.717) is 6.07 Å². The number of anilines is 1. The monoisotopic (exact) mass is 539 g/mol. The van der Waals surface area contributed by atoms with Crippen LogP contribution in [0.1, 0.15) is 50.4 Å². The highest BCUT2D eigenvalue weighted by atomic mass is 19.4. The van der Waals surface area contributed by atoms with Crippen molar-refractivity contribution in [2.45, 2.75) is 76.2 Å². The molecule has 1 aliphatic carbocycles. The summed E-state index contributed by atoms with van der Waals surface area (Å²) in [5.74, 6) is -7.56. The molecule has 0 unspecified atom stereocenters. The number of benzene rings is 1. The molecule has 2 aromatic rings. The maximum absolute atomic E-state index is 14.9. The van der Waals surface area contributed by atoms with E-state index in [1.165, 1.54) is 6.92 Å². The molecule has 1 saturated heterocycles. The quantitative estimate of drug-likeness (QED) is 0.513. The van der Waals surface area contributed by atoms with Crippen molar-refractivity contribution in [1.29, 1.82) is 0 Å². The van der Waals surface area contributed by atoms with Crippen molar-refractivity contribution in [3.63, 3.8) is 0 Å². The molecule has 37 heavy (non-hydrogen) atoms. The number of hydrogen-bond donors (Lipinski definition) is 2. The topological polar surface area (TPSA) is 85.6 Å². The summed E-state index contributed by atoms with van der Waals surface area (Å²) in [6, 6.07) is 1.73. The Balaban J connectivity index is 1.75. The van der Waals surface area contributed by atoms with E-state index in [1.807, 2.05) is 0 Å². The van der Waals surface area contributed by atoms with Crippen molar-refractivity contribution in [2.75, 3.05) is 5.32 Å². The van der Waals surface area contributed by atoms with Gasteiger partial charge in [-0.1, -0.05) is 13.0 Å². The molecule has 1 aromatic heterocycles. The first kappa shape index (κ1) is 27.2. The lowest BCUT2D eigenvalue weighted by Crippen LogP contribution is -2.47. The van der Waals surface area contributed by atoms with E-state index >= 15 is 0 Å².